The van der Waals surface area contributed by atoms with Crippen molar-refractivity contribution in [2.45, 2.75) is 13.0 Å². The maximum atomic E-state index is 9.46. The molecule has 0 bridgehead atoms. The van der Waals surface area contributed by atoms with Gasteiger partial charge in [-0.2, -0.15) is 5.10 Å². The number of H-pyrrole nitrogens is 1. The van der Waals surface area contributed by atoms with Gasteiger partial charge in [0.25, 0.3) is 0 Å². The molecule has 2 aromatic carbocycles. The predicted molar refractivity (Wildman–Crippen MR) is 79.1 cm³/mol. The first-order valence-electron chi connectivity index (χ1n) is 6.45. The van der Waals surface area contributed by atoms with Gasteiger partial charge in [0.1, 0.15) is 0 Å². The van der Waals surface area contributed by atoms with Gasteiger partial charge in [-0.1, -0.05) is 24.0 Å². The Labute approximate surface area is 117 Å². The van der Waals surface area contributed by atoms with Gasteiger partial charge in [0.15, 0.2) is 0 Å². The van der Waals surface area contributed by atoms with Crippen LogP contribution in [0.3, 0.4) is 0 Å². The molecule has 3 heteroatoms. The number of hydrogen-bond acceptors (Lipinski definition) is 2. The van der Waals surface area contributed by atoms with Gasteiger partial charge in [0.05, 0.1) is 17.8 Å². The molecule has 3 rings (SSSR count). The molecule has 0 aliphatic heterocycles. The Hall–Kier alpha value is -2.57. The van der Waals surface area contributed by atoms with E-state index in [1.54, 1.807) is 13.1 Å². The maximum Gasteiger partial charge on any atom is 0.0761 e. The van der Waals surface area contributed by atoms with Crippen molar-refractivity contribution in [3.8, 4) is 11.8 Å². The normalized spacial score (nSPS) is 11.9. The summed E-state index contributed by atoms with van der Waals surface area (Å²) in [6.07, 6.45) is 1.35. The standard InChI is InChI=1S/C17H14N2O/c1-12(20)15-7-4-13(5-8-15)2-3-14-6-9-17-16(10-14)11-18-19-17/h4-12,20H,1H3,(H,18,19)/t12-/m1/s1. The zero-order chi connectivity index (χ0) is 13.9. The molecule has 0 radical (unpaired) electrons. The quantitative estimate of drug-likeness (QED) is 0.662. The molecule has 0 spiro atoms. The lowest BCUT2D eigenvalue weighted by Crippen LogP contribution is -1.89. The molecular weight excluding hydrogens is 248 g/mol. The van der Waals surface area contributed by atoms with E-state index >= 15 is 0 Å². The number of rotatable bonds is 1. The van der Waals surface area contributed by atoms with Crippen LogP contribution in [0.5, 0.6) is 0 Å². The van der Waals surface area contributed by atoms with Gasteiger partial charge in [-0.25, -0.2) is 0 Å². The van der Waals surface area contributed by atoms with E-state index in [0.717, 1.165) is 27.6 Å². The van der Waals surface area contributed by atoms with Crippen LogP contribution < -0.4 is 0 Å². The third-order valence-corrected chi connectivity index (χ3v) is 3.18. The first-order valence-corrected chi connectivity index (χ1v) is 6.45. The summed E-state index contributed by atoms with van der Waals surface area (Å²) in [5.74, 6) is 6.26. The Kier molecular flexibility index (Phi) is 3.24. The number of aromatic amines is 1. The highest BCUT2D eigenvalue weighted by Crippen LogP contribution is 2.13. The fraction of sp³-hybridized carbons (Fsp3) is 0.118. The van der Waals surface area contributed by atoms with Gasteiger partial charge >= 0.3 is 0 Å². The highest BCUT2D eigenvalue weighted by atomic mass is 16.3. The molecule has 0 fully saturated rings. The predicted octanol–water partition coefficient (Wildman–Crippen LogP) is 3.02. The lowest BCUT2D eigenvalue weighted by molar-refractivity contribution is 0.199. The number of hydrogen-bond donors (Lipinski definition) is 2. The fourth-order valence-electron chi connectivity index (χ4n) is 2.01. The molecule has 2 N–H and O–H groups in total. The smallest absolute Gasteiger partial charge is 0.0761 e. The van der Waals surface area contributed by atoms with Crippen molar-refractivity contribution < 1.29 is 5.11 Å². The van der Waals surface area contributed by atoms with Crippen LogP contribution in [0.1, 0.15) is 29.7 Å². The van der Waals surface area contributed by atoms with Gasteiger partial charge in [-0.3, -0.25) is 5.10 Å². The summed E-state index contributed by atoms with van der Waals surface area (Å²) < 4.78 is 0. The second kappa shape index (κ2) is 5.20. The van der Waals surface area contributed by atoms with Crippen LogP contribution >= 0.6 is 0 Å². The number of fused-ring (bicyclic) bond motifs is 1. The van der Waals surface area contributed by atoms with Crippen LogP contribution in [0, 0.1) is 11.8 Å². The minimum atomic E-state index is -0.444. The van der Waals surface area contributed by atoms with Crippen LogP contribution in [-0.4, -0.2) is 15.3 Å². The van der Waals surface area contributed by atoms with Crippen molar-refractivity contribution in [2.75, 3.05) is 0 Å². The summed E-state index contributed by atoms with van der Waals surface area (Å²) in [7, 11) is 0. The molecule has 20 heavy (non-hydrogen) atoms. The second-order valence-corrected chi connectivity index (χ2v) is 4.72. The van der Waals surface area contributed by atoms with Crippen molar-refractivity contribution in [1.82, 2.24) is 10.2 Å². The second-order valence-electron chi connectivity index (χ2n) is 4.72. The molecule has 1 heterocycles. The monoisotopic (exact) mass is 262 g/mol. The maximum absolute atomic E-state index is 9.46. The first kappa shape index (κ1) is 12.5. The summed E-state index contributed by atoms with van der Waals surface area (Å²) in [5, 5.41) is 17.4. The van der Waals surface area contributed by atoms with Crippen molar-refractivity contribution in [3.05, 3.63) is 65.4 Å². The van der Waals surface area contributed by atoms with Crippen molar-refractivity contribution in [3.63, 3.8) is 0 Å². The summed E-state index contributed by atoms with van der Waals surface area (Å²) in [4.78, 5) is 0. The molecule has 1 atom stereocenters. The lowest BCUT2D eigenvalue weighted by atomic mass is 10.1. The molecule has 0 aliphatic carbocycles. The van der Waals surface area contributed by atoms with Gasteiger partial charge in [0, 0.05) is 16.5 Å². The summed E-state index contributed by atoms with van der Waals surface area (Å²) in [5.41, 5.74) is 3.80. The molecule has 0 amide bonds. The number of aliphatic hydroxyl groups is 1. The highest BCUT2D eigenvalue weighted by molar-refractivity contribution is 5.79. The van der Waals surface area contributed by atoms with E-state index < -0.39 is 6.10 Å². The molecule has 3 aromatic rings. The van der Waals surface area contributed by atoms with E-state index in [9.17, 15) is 5.11 Å². The van der Waals surface area contributed by atoms with E-state index in [2.05, 4.69) is 22.0 Å². The third-order valence-electron chi connectivity index (χ3n) is 3.18. The average molecular weight is 262 g/mol. The molecule has 0 aliphatic rings. The molecular formula is C17H14N2O. The highest BCUT2D eigenvalue weighted by Gasteiger charge is 1.99. The Morgan fingerprint density at radius 2 is 1.75 bits per heavy atom. The zero-order valence-corrected chi connectivity index (χ0v) is 11.1. The minimum Gasteiger partial charge on any atom is -0.389 e. The van der Waals surface area contributed by atoms with E-state index in [-0.39, 0.29) is 0 Å². The summed E-state index contributed by atoms with van der Waals surface area (Å²) in [6, 6.07) is 13.6. The molecule has 0 saturated carbocycles. The third kappa shape index (κ3) is 2.56. The first-order chi connectivity index (χ1) is 9.72. The SMILES string of the molecule is C[C@@H](O)c1ccc(C#Cc2ccc3[nH]ncc3c2)cc1. The Bertz CT molecular complexity index is 789. The van der Waals surface area contributed by atoms with Crippen LogP contribution in [0.15, 0.2) is 48.7 Å². The molecule has 98 valence electrons. The number of nitrogens with zero attached hydrogens (tertiary/aromatic N) is 1. The Morgan fingerprint density at radius 1 is 1.05 bits per heavy atom. The van der Waals surface area contributed by atoms with Crippen LogP contribution in [0.2, 0.25) is 0 Å². The largest absolute Gasteiger partial charge is 0.389 e. The summed E-state index contributed by atoms with van der Waals surface area (Å²) >= 11 is 0. The average Bonchev–Trinajstić information content (AvgIpc) is 2.93. The van der Waals surface area contributed by atoms with Crippen molar-refractivity contribution in [1.29, 1.82) is 0 Å². The van der Waals surface area contributed by atoms with E-state index in [4.69, 9.17) is 0 Å². The van der Waals surface area contributed by atoms with Gasteiger partial charge < -0.3 is 5.11 Å². The number of benzene rings is 2. The van der Waals surface area contributed by atoms with E-state index in [1.807, 2.05) is 42.5 Å². The van der Waals surface area contributed by atoms with Crippen molar-refractivity contribution in [2.24, 2.45) is 0 Å². The summed E-state index contributed by atoms with van der Waals surface area (Å²) in [6.45, 7) is 1.75. The van der Waals surface area contributed by atoms with Crippen molar-refractivity contribution >= 4 is 10.9 Å². The topological polar surface area (TPSA) is 48.9 Å². The minimum absolute atomic E-state index is 0.444. The molecule has 0 saturated heterocycles. The van der Waals surface area contributed by atoms with Gasteiger partial charge in [-0.15, -0.1) is 0 Å². The van der Waals surface area contributed by atoms with Gasteiger partial charge in [0.2, 0.25) is 0 Å². The van der Waals surface area contributed by atoms with E-state index in [0.29, 0.717) is 0 Å². The number of nitrogens with one attached hydrogen (secondary N) is 1. The van der Waals surface area contributed by atoms with Crippen LogP contribution in [0.4, 0.5) is 0 Å². The number of aromatic nitrogens is 2. The number of aliphatic hydroxyl groups excluding tert-OH is 1. The van der Waals surface area contributed by atoms with E-state index in [1.165, 1.54) is 0 Å². The van der Waals surface area contributed by atoms with Gasteiger partial charge in [-0.05, 0) is 42.8 Å². The molecule has 1 aromatic heterocycles. The fourth-order valence-corrected chi connectivity index (χ4v) is 2.01. The molecule has 3 nitrogen and oxygen atoms in total. The molecule has 0 unspecified atom stereocenters. The van der Waals surface area contributed by atoms with Crippen LogP contribution in [0.25, 0.3) is 10.9 Å². The zero-order valence-electron chi connectivity index (χ0n) is 11.1. The Balaban J connectivity index is 1.86. The Morgan fingerprint density at radius 3 is 2.50 bits per heavy atom. The lowest BCUT2D eigenvalue weighted by Gasteiger charge is -2.02. The van der Waals surface area contributed by atoms with Crippen LogP contribution in [-0.2, 0) is 0 Å².